The molecule has 162 valence electrons. The Hall–Kier alpha value is -2.55. The highest BCUT2D eigenvalue weighted by Crippen LogP contribution is 2.49. The zero-order valence-electron chi connectivity index (χ0n) is 17.0. The molecule has 1 aliphatic carbocycles. The molecule has 0 radical (unpaired) electrons. The topological polar surface area (TPSA) is 78.0 Å². The third-order valence-corrected chi connectivity index (χ3v) is 7.83. The number of benzene rings is 1. The van der Waals surface area contributed by atoms with E-state index in [1.807, 2.05) is 0 Å². The first-order valence-corrected chi connectivity index (χ1v) is 11.2. The van der Waals surface area contributed by atoms with E-state index in [-0.39, 0.29) is 18.1 Å². The lowest BCUT2D eigenvalue weighted by Gasteiger charge is -2.42. The highest BCUT2D eigenvalue weighted by Gasteiger charge is 2.62. The normalized spacial score (nSPS) is 25.1. The van der Waals surface area contributed by atoms with E-state index in [2.05, 4.69) is 15.9 Å². The first kappa shape index (κ1) is 20.4. The van der Waals surface area contributed by atoms with Gasteiger partial charge < -0.3 is 9.80 Å². The summed E-state index contributed by atoms with van der Waals surface area (Å²) < 4.78 is 13.9. The number of rotatable bonds is 2. The summed E-state index contributed by atoms with van der Waals surface area (Å²) in [5.41, 5.74) is 0.610. The number of nitrogens with zero attached hydrogens (tertiary/aromatic N) is 3. The number of amides is 3. The van der Waals surface area contributed by atoms with Crippen LogP contribution in [0.5, 0.6) is 0 Å². The van der Waals surface area contributed by atoms with Gasteiger partial charge >= 0.3 is 0 Å². The van der Waals surface area contributed by atoms with Gasteiger partial charge in [0.2, 0.25) is 11.7 Å². The van der Waals surface area contributed by atoms with Crippen LogP contribution in [0.25, 0.3) is 0 Å². The molecule has 1 spiro atoms. The third-order valence-electron chi connectivity index (χ3n) is 7.09. The first-order chi connectivity index (χ1) is 14.8. The van der Waals surface area contributed by atoms with Gasteiger partial charge in [0, 0.05) is 24.6 Å². The fourth-order valence-corrected chi connectivity index (χ4v) is 5.96. The molecule has 0 aromatic heterocycles. The van der Waals surface area contributed by atoms with Crippen molar-refractivity contribution in [3.8, 4) is 0 Å². The molecule has 4 aliphatic rings. The molecule has 1 unspecified atom stereocenters. The Bertz CT molecular complexity index is 1080. The fraction of sp³-hybridized carbons (Fsp3) is 0.455. The lowest BCUT2D eigenvalue weighted by molar-refractivity contribution is -0.156. The van der Waals surface area contributed by atoms with Gasteiger partial charge in [-0.05, 0) is 55.4 Å². The Labute approximate surface area is 187 Å². The van der Waals surface area contributed by atoms with E-state index in [0.717, 1.165) is 12.8 Å². The first-order valence-electron chi connectivity index (χ1n) is 10.4. The van der Waals surface area contributed by atoms with E-state index in [9.17, 15) is 23.6 Å². The van der Waals surface area contributed by atoms with Crippen molar-refractivity contribution in [3.05, 3.63) is 45.3 Å². The standard InChI is InChI=1S/C22H21BrFN3O4/c1-25-20(30)17-14-6-9-26(11-12-4-5-13(24)10-15(12)23)19(29)16(14)18(28)21(31)27(17)22(25)7-2-3-8-22/h4-5,10,16H,2-3,6-9,11H2,1H3. The summed E-state index contributed by atoms with van der Waals surface area (Å²) >= 11 is 3.30. The van der Waals surface area contributed by atoms with Crippen LogP contribution in [0.4, 0.5) is 4.39 Å². The molecule has 1 saturated carbocycles. The number of halogens is 2. The Morgan fingerprint density at radius 1 is 1.13 bits per heavy atom. The highest BCUT2D eigenvalue weighted by molar-refractivity contribution is 9.10. The van der Waals surface area contributed by atoms with Crippen LogP contribution in [-0.4, -0.2) is 57.5 Å². The van der Waals surface area contributed by atoms with Crippen LogP contribution < -0.4 is 0 Å². The number of hydrogen-bond acceptors (Lipinski definition) is 4. The molecule has 3 heterocycles. The summed E-state index contributed by atoms with van der Waals surface area (Å²) in [5, 5.41) is 0. The second-order valence-electron chi connectivity index (χ2n) is 8.61. The van der Waals surface area contributed by atoms with Gasteiger partial charge in [0.05, 0.1) is 0 Å². The minimum atomic E-state index is -1.25. The van der Waals surface area contributed by atoms with Crippen LogP contribution in [-0.2, 0) is 25.7 Å². The molecule has 1 atom stereocenters. The number of hydrogen-bond donors (Lipinski definition) is 0. The summed E-state index contributed by atoms with van der Waals surface area (Å²) in [7, 11) is 1.68. The summed E-state index contributed by atoms with van der Waals surface area (Å²) in [6, 6.07) is 4.21. The fourth-order valence-electron chi connectivity index (χ4n) is 5.49. The highest BCUT2D eigenvalue weighted by atomic mass is 79.9. The predicted octanol–water partition coefficient (Wildman–Crippen LogP) is 2.34. The minimum Gasteiger partial charge on any atom is -0.337 e. The molecule has 3 aliphatic heterocycles. The van der Waals surface area contributed by atoms with Gasteiger partial charge in [-0.3, -0.25) is 24.1 Å². The number of carbonyl (C=O) groups excluding carboxylic acids is 4. The van der Waals surface area contributed by atoms with E-state index in [0.29, 0.717) is 41.4 Å². The van der Waals surface area contributed by atoms with Crippen molar-refractivity contribution in [1.82, 2.24) is 14.7 Å². The molecule has 0 N–H and O–H groups in total. The third kappa shape index (κ3) is 2.75. The lowest BCUT2D eigenvalue weighted by atomic mass is 9.81. The Morgan fingerprint density at radius 2 is 1.84 bits per heavy atom. The zero-order chi connectivity index (χ0) is 22.1. The van der Waals surface area contributed by atoms with Gasteiger partial charge in [0.1, 0.15) is 23.1 Å². The largest absolute Gasteiger partial charge is 0.337 e. The number of likely N-dealkylation sites (N-methyl/N-ethyl adjacent to an activating group) is 1. The lowest BCUT2D eigenvalue weighted by Crippen LogP contribution is -2.59. The van der Waals surface area contributed by atoms with Crippen molar-refractivity contribution < 1.29 is 23.6 Å². The van der Waals surface area contributed by atoms with Crippen molar-refractivity contribution in [2.24, 2.45) is 5.92 Å². The number of piperidine rings is 1. The number of carbonyl (C=O) groups is 4. The summed E-state index contributed by atoms with van der Waals surface area (Å²) in [5.74, 6) is -3.94. The summed E-state index contributed by atoms with van der Waals surface area (Å²) in [4.78, 5) is 57.2. The van der Waals surface area contributed by atoms with Crippen LogP contribution in [0.15, 0.2) is 33.9 Å². The molecule has 7 nitrogen and oxygen atoms in total. The predicted molar refractivity (Wildman–Crippen MR) is 110 cm³/mol. The molecule has 1 aromatic rings. The molecule has 1 aromatic carbocycles. The Morgan fingerprint density at radius 3 is 2.52 bits per heavy atom. The molecule has 2 saturated heterocycles. The second kappa shape index (κ2) is 6.98. The van der Waals surface area contributed by atoms with Crippen molar-refractivity contribution in [1.29, 1.82) is 0 Å². The van der Waals surface area contributed by atoms with Gasteiger partial charge in [-0.25, -0.2) is 4.39 Å². The van der Waals surface area contributed by atoms with Crippen LogP contribution in [0.3, 0.4) is 0 Å². The molecule has 31 heavy (non-hydrogen) atoms. The molecule has 3 amide bonds. The van der Waals surface area contributed by atoms with Crippen LogP contribution in [0.2, 0.25) is 0 Å². The van der Waals surface area contributed by atoms with Gasteiger partial charge in [0.25, 0.3) is 11.8 Å². The maximum Gasteiger partial charge on any atom is 0.297 e. The molecule has 3 fully saturated rings. The molecular formula is C22H21BrFN3O4. The van der Waals surface area contributed by atoms with E-state index < -0.39 is 35.0 Å². The number of likely N-dealkylation sites (tertiary alicyclic amines) is 1. The van der Waals surface area contributed by atoms with Gasteiger partial charge in [-0.1, -0.05) is 22.0 Å². The number of ketones is 1. The summed E-state index contributed by atoms with van der Waals surface area (Å²) in [6.07, 6.45) is 3.36. The van der Waals surface area contributed by atoms with Gasteiger partial charge in [-0.2, -0.15) is 0 Å². The molecule has 9 heteroatoms. The van der Waals surface area contributed by atoms with E-state index in [1.54, 1.807) is 18.0 Å². The van der Waals surface area contributed by atoms with Crippen LogP contribution in [0.1, 0.15) is 37.7 Å². The number of fused-ring (bicyclic) bond motifs is 3. The quantitative estimate of drug-likeness (QED) is 0.471. The second-order valence-corrected chi connectivity index (χ2v) is 9.47. The average Bonchev–Trinajstić information content (AvgIpc) is 3.30. The van der Waals surface area contributed by atoms with Crippen molar-refractivity contribution in [2.75, 3.05) is 13.6 Å². The Balaban J connectivity index is 1.52. The maximum absolute atomic E-state index is 13.4. The van der Waals surface area contributed by atoms with Crippen molar-refractivity contribution >= 4 is 39.4 Å². The summed E-state index contributed by atoms with van der Waals surface area (Å²) in [6.45, 7) is 0.499. The monoisotopic (exact) mass is 489 g/mol. The minimum absolute atomic E-state index is 0.182. The smallest absolute Gasteiger partial charge is 0.297 e. The van der Waals surface area contributed by atoms with Crippen LogP contribution in [0, 0.1) is 11.7 Å². The van der Waals surface area contributed by atoms with Gasteiger partial charge in [-0.15, -0.1) is 0 Å². The Kier molecular flexibility index (Phi) is 4.58. The molecule has 0 bridgehead atoms. The number of Topliss-reactive ketones (excluding diaryl/α,β-unsaturated/α-hetero) is 1. The average molecular weight is 490 g/mol. The van der Waals surface area contributed by atoms with Gasteiger partial charge in [0.15, 0.2) is 0 Å². The SMILES string of the molecule is CN1C(=O)C2=C3CCN(Cc4ccc(F)cc4Br)C(=O)C3C(=O)C(=O)N2C12CCCC2. The van der Waals surface area contributed by atoms with E-state index in [1.165, 1.54) is 21.9 Å². The molecular weight excluding hydrogens is 469 g/mol. The van der Waals surface area contributed by atoms with E-state index in [4.69, 9.17) is 0 Å². The van der Waals surface area contributed by atoms with Crippen molar-refractivity contribution in [2.45, 2.75) is 44.3 Å². The zero-order valence-corrected chi connectivity index (χ0v) is 18.6. The molecule has 5 rings (SSSR count). The van der Waals surface area contributed by atoms with Crippen molar-refractivity contribution in [3.63, 3.8) is 0 Å². The van der Waals surface area contributed by atoms with Crippen LogP contribution >= 0.6 is 15.9 Å². The van der Waals surface area contributed by atoms with E-state index >= 15 is 0 Å². The maximum atomic E-state index is 13.4.